The smallest absolute Gasteiger partial charge is 0.243 e. The molecule has 6 heteroatoms. The van der Waals surface area contributed by atoms with Crippen LogP contribution in [0.3, 0.4) is 0 Å². The van der Waals surface area contributed by atoms with Gasteiger partial charge < -0.3 is 5.32 Å². The van der Waals surface area contributed by atoms with Crippen molar-refractivity contribution in [3.05, 3.63) is 35.9 Å². The summed E-state index contributed by atoms with van der Waals surface area (Å²) < 4.78 is 1.57. The van der Waals surface area contributed by atoms with Crippen molar-refractivity contribution in [2.45, 2.75) is 6.04 Å². The van der Waals surface area contributed by atoms with Crippen LogP contribution in [0.15, 0.2) is 30.3 Å². The maximum absolute atomic E-state index is 5.93. The molecule has 1 aromatic heterocycles. The summed E-state index contributed by atoms with van der Waals surface area (Å²) >= 11 is 5.93. The number of nitrogens with one attached hydrogen (secondary N) is 1. The maximum atomic E-state index is 5.93. The molecule has 1 unspecified atom stereocenters. The molecular weight excluding hydrogens is 226 g/mol. The first-order chi connectivity index (χ1) is 7.81. The predicted molar refractivity (Wildman–Crippen MR) is 62.3 cm³/mol. The van der Waals surface area contributed by atoms with Gasteiger partial charge in [-0.15, -0.1) is 11.6 Å². The van der Waals surface area contributed by atoms with Gasteiger partial charge in [-0.25, -0.2) is 4.68 Å². The van der Waals surface area contributed by atoms with E-state index in [4.69, 9.17) is 11.6 Å². The van der Waals surface area contributed by atoms with Crippen LogP contribution in [0.4, 0.5) is 5.95 Å². The molecule has 5 nitrogen and oxygen atoms in total. The van der Waals surface area contributed by atoms with Crippen molar-refractivity contribution in [3.63, 3.8) is 0 Å². The molecule has 2 aromatic rings. The fourth-order valence-electron chi connectivity index (χ4n) is 1.40. The lowest BCUT2D eigenvalue weighted by Crippen LogP contribution is -2.15. The minimum atomic E-state index is 0.00701. The molecule has 1 heterocycles. The highest BCUT2D eigenvalue weighted by Gasteiger charge is 2.12. The highest BCUT2D eigenvalue weighted by molar-refractivity contribution is 6.18. The summed E-state index contributed by atoms with van der Waals surface area (Å²) in [5.41, 5.74) is 1.11. The summed E-state index contributed by atoms with van der Waals surface area (Å²) in [4.78, 5) is 0. The van der Waals surface area contributed by atoms with E-state index in [-0.39, 0.29) is 6.04 Å². The first-order valence-corrected chi connectivity index (χ1v) is 5.44. The van der Waals surface area contributed by atoms with Crippen LogP contribution in [0, 0.1) is 0 Å². The van der Waals surface area contributed by atoms with Crippen molar-refractivity contribution < 1.29 is 0 Å². The largest absolute Gasteiger partial charge is 0.345 e. The second-order valence-corrected chi connectivity index (χ2v) is 3.70. The van der Waals surface area contributed by atoms with Crippen LogP contribution >= 0.6 is 11.6 Å². The highest BCUT2D eigenvalue weighted by Crippen LogP contribution is 2.18. The maximum Gasteiger partial charge on any atom is 0.243 e. The fourth-order valence-corrected chi connectivity index (χ4v) is 1.66. The average molecular weight is 238 g/mol. The Morgan fingerprint density at radius 3 is 2.69 bits per heavy atom. The number of anilines is 1. The first kappa shape index (κ1) is 10.9. The van der Waals surface area contributed by atoms with Crippen LogP contribution in [-0.4, -0.2) is 26.1 Å². The van der Waals surface area contributed by atoms with Gasteiger partial charge in [0.25, 0.3) is 0 Å². The third kappa shape index (κ3) is 2.30. The molecule has 0 aliphatic heterocycles. The van der Waals surface area contributed by atoms with Crippen LogP contribution in [0.1, 0.15) is 11.6 Å². The van der Waals surface area contributed by atoms with E-state index in [0.717, 1.165) is 5.56 Å². The second-order valence-electron chi connectivity index (χ2n) is 3.39. The number of tetrazole rings is 1. The molecule has 0 spiro atoms. The summed E-state index contributed by atoms with van der Waals surface area (Å²) in [6.07, 6.45) is 0. The van der Waals surface area contributed by atoms with Crippen LogP contribution in [0.5, 0.6) is 0 Å². The SMILES string of the molecule is Cn1nnnc1NC(CCl)c1ccccc1. The van der Waals surface area contributed by atoms with E-state index in [1.54, 1.807) is 11.7 Å². The van der Waals surface area contributed by atoms with Crippen molar-refractivity contribution in [1.82, 2.24) is 20.2 Å². The Hall–Kier alpha value is -1.62. The first-order valence-electron chi connectivity index (χ1n) is 4.91. The molecule has 0 bridgehead atoms. The molecule has 0 saturated carbocycles. The Balaban J connectivity index is 2.16. The van der Waals surface area contributed by atoms with E-state index in [1.807, 2.05) is 30.3 Å². The van der Waals surface area contributed by atoms with Gasteiger partial charge in [0.1, 0.15) is 0 Å². The number of nitrogens with zero attached hydrogens (tertiary/aromatic N) is 4. The minimum absolute atomic E-state index is 0.00701. The predicted octanol–water partition coefficient (Wildman–Crippen LogP) is 1.60. The number of aromatic nitrogens is 4. The fraction of sp³-hybridized carbons (Fsp3) is 0.300. The van der Waals surface area contributed by atoms with Crippen molar-refractivity contribution >= 4 is 17.5 Å². The van der Waals surface area contributed by atoms with Crippen LogP contribution in [0.25, 0.3) is 0 Å². The molecule has 1 N–H and O–H groups in total. The summed E-state index contributed by atoms with van der Waals surface area (Å²) in [6, 6.07) is 9.97. The summed E-state index contributed by atoms with van der Waals surface area (Å²) in [5, 5.41) is 14.4. The standard InChI is InChI=1S/C10H12ClN5/c1-16-10(13-14-15-16)12-9(7-11)8-5-3-2-4-6-8/h2-6,9H,7H2,1H3,(H,12,13,15). The van der Waals surface area contributed by atoms with Gasteiger partial charge in [-0.05, 0) is 16.0 Å². The van der Waals surface area contributed by atoms with Gasteiger partial charge in [0, 0.05) is 12.9 Å². The topological polar surface area (TPSA) is 55.6 Å². The number of hydrogen-bond donors (Lipinski definition) is 1. The molecular formula is C10H12ClN5. The monoisotopic (exact) mass is 237 g/mol. The highest BCUT2D eigenvalue weighted by atomic mass is 35.5. The Morgan fingerprint density at radius 1 is 1.38 bits per heavy atom. The van der Waals surface area contributed by atoms with E-state index < -0.39 is 0 Å². The van der Waals surface area contributed by atoms with Crippen molar-refractivity contribution in [3.8, 4) is 0 Å². The van der Waals surface area contributed by atoms with Gasteiger partial charge in [0.2, 0.25) is 5.95 Å². The molecule has 1 atom stereocenters. The zero-order valence-electron chi connectivity index (χ0n) is 8.84. The van der Waals surface area contributed by atoms with E-state index in [0.29, 0.717) is 11.8 Å². The van der Waals surface area contributed by atoms with E-state index in [1.165, 1.54) is 0 Å². The molecule has 0 saturated heterocycles. The number of hydrogen-bond acceptors (Lipinski definition) is 4. The van der Waals surface area contributed by atoms with Crippen molar-refractivity contribution in [2.75, 3.05) is 11.2 Å². The zero-order valence-corrected chi connectivity index (χ0v) is 9.59. The number of aryl methyl sites for hydroxylation is 1. The Morgan fingerprint density at radius 2 is 2.12 bits per heavy atom. The molecule has 0 fully saturated rings. The third-order valence-corrected chi connectivity index (χ3v) is 2.59. The summed E-state index contributed by atoms with van der Waals surface area (Å²) in [6.45, 7) is 0. The second kappa shape index (κ2) is 4.94. The Labute approximate surface area is 98.4 Å². The summed E-state index contributed by atoms with van der Waals surface area (Å²) in [7, 11) is 1.78. The Bertz CT molecular complexity index is 441. The molecule has 0 amide bonds. The molecule has 0 aliphatic carbocycles. The molecule has 84 valence electrons. The third-order valence-electron chi connectivity index (χ3n) is 2.28. The van der Waals surface area contributed by atoms with Gasteiger partial charge >= 0.3 is 0 Å². The van der Waals surface area contributed by atoms with E-state index in [2.05, 4.69) is 20.8 Å². The molecule has 2 rings (SSSR count). The van der Waals surface area contributed by atoms with Crippen LogP contribution < -0.4 is 5.32 Å². The van der Waals surface area contributed by atoms with Crippen LogP contribution in [-0.2, 0) is 7.05 Å². The lowest BCUT2D eigenvalue weighted by molar-refractivity contribution is 0.706. The quantitative estimate of drug-likeness (QED) is 0.821. The zero-order chi connectivity index (χ0) is 11.4. The van der Waals surface area contributed by atoms with E-state index in [9.17, 15) is 0 Å². The normalized spacial score (nSPS) is 12.4. The van der Waals surface area contributed by atoms with Gasteiger partial charge in [-0.3, -0.25) is 0 Å². The van der Waals surface area contributed by atoms with Crippen molar-refractivity contribution in [1.29, 1.82) is 0 Å². The van der Waals surface area contributed by atoms with Gasteiger partial charge in [-0.1, -0.05) is 35.4 Å². The van der Waals surface area contributed by atoms with Gasteiger partial charge in [0.15, 0.2) is 0 Å². The number of halogens is 1. The van der Waals surface area contributed by atoms with Gasteiger partial charge in [0.05, 0.1) is 6.04 Å². The number of alkyl halides is 1. The lowest BCUT2D eigenvalue weighted by atomic mass is 10.1. The molecule has 0 radical (unpaired) electrons. The number of rotatable bonds is 4. The van der Waals surface area contributed by atoms with Crippen molar-refractivity contribution in [2.24, 2.45) is 7.05 Å². The molecule has 1 aromatic carbocycles. The number of benzene rings is 1. The molecule has 0 aliphatic rings. The van der Waals surface area contributed by atoms with Gasteiger partial charge in [-0.2, -0.15) is 0 Å². The van der Waals surface area contributed by atoms with E-state index >= 15 is 0 Å². The average Bonchev–Trinajstić information content (AvgIpc) is 2.73. The summed E-state index contributed by atoms with van der Waals surface area (Å²) in [5.74, 6) is 1.06. The minimum Gasteiger partial charge on any atom is -0.345 e. The van der Waals surface area contributed by atoms with Crippen LogP contribution in [0.2, 0.25) is 0 Å². The lowest BCUT2D eigenvalue weighted by Gasteiger charge is -2.15. The molecule has 16 heavy (non-hydrogen) atoms. The Kier molecular flexibility index (Phi) is 3.36.